The summed E-state index contributed by atoms with van der Waals surface area (Å²) < 4.78 is 34.8. The Labute approximate surface area is 239 Å². The number of sulfonamides is 1. The van der Waals surface area contributed by atoms with Gasteiger partial charge in [-0.15, -0.1) is 0 Å². The standard InChI is InChI=1S/C32H32N4O4S/c37-32-29(19-25-17-24-18-26(7-9-30(24)33-25)40-16-15-35-12-3-4-13-35)28-20-27(8-10-31(28)34-32)41(38,39)36-14-11-22-5-1-2-6-23(22)21-36/h1-2,5-10,17-20,33H,3-4,11-16,21H2,(H,34,37)/b29-19+. The highest BCUT2D eigenvalue weighted by Gasteiger charge is 2.31. The summed E-state index contributed by atoms with van der Waals surface area (Å²) in [6, 6.07) is 20.7. The van der Waals surface area contributed by atoms with Crippen molar-refractivity contribution in [1.29, 1.82) is 0 Å². The van der Waals surface area contributed by atoms with Gasteiger partial charge in [0.15, 0.2) is 0 Å². The van der Waals surface area contributed by atoms with Gasteiger partial charge in [-0.2, -0.15) is 4.31 Å². The molecule has 4 aromatic rings. The quantitative estimate of drug-likeness (QED) is 0.310. The number of hydrogen-bond acceptors (Lipinski definition) is 5. The van der Waals surface area contributed by atoms with Gasteiger partial charge in [0.05, 0.1) is 10.5 Å². The van der Waals surface area contributed by atoms with Crippen LogP contribution in [0.2, 0.25) is 0 Å². The fraction of sp³-hybridized carbons (Fsp3) is 0.281. The van der Waals surface area contributed by atoms with Crippen molar-refractivity contribution in [1.82, 2.24) is 14.2 Å². The number of aromatic amines is 1. The second-order valence-electron chi connectivity index (χ2n) is 10.9. The third-order valence-electron chi connectivity index (χ3n) is 8.30. The molecule has 1 aromatic heterocycles. The number of carbonyl (C=O) groups excluding carboxylic acids is 1. The molecule has 41 heavy (non-hydrogen) atoms. The van der Waals surface area contributed by atoms with Gasteiger partial charge in [-0.05, 0) is 92.0 Å². The summed E-state index contributed by atoms with van der Waals surface area (Å²) >= 11 is 0. The Bertz CT molecular complexity index is 1790. The molecule has 7 rings (SSSR count). The first kappa shape index (κ1) is 26.0. The number of ether oxygens (including phenoxy) is 1. The summed E-state index contributed by atoms with van der Waals surface area (Å²) in [4.78, 5) is 18.9. The van der Waals surface area contributed by atoms with Crippen molar-refractivity contribution < 1.29 is 17.9 Å². The third-order valence-corrected chi connectivity index (χ3v) is 10.1. The summed E-state index contributed by atoms with van der Waals surface area (Å²) in [5, 5.41) is 3.86. The molecule has 3 aliphatic rings. The van der Waals surface area contributed by atoms with Crippen LogP contribution in [0.4, 0.5) is 5.69 Å². The topological polar surface area (TPSA) is 94.7 Å². The van der Waals surface area contributed by atoms with Crippen LogP contribution in [0.5, 0.6) is 5.75 Å². The lowest BCUT2D eigenvalue weighted by Crippen LogP contribution is -2.35. The zero-order chi connectivity index (χ0) is 28.0. The van der Waals surface area contributed by atoms with Crippen molar-refractivity contribution in [2.45, 2.75) is 30.7 Å². The maximum atomic E-state index is 13.6. The van der Waals surface area contributed by atoms with E-state index in [4.69, 9.17) is 4.74 Å². The molecule has 210 valence electrons. The number of anilines is 1. The molecule has 2 N–H and O–H groups in total. The smallest absolute Gasteiger partial charge is 0.256 e. The SMILES string of the molecule is O=C1Nc2ccc(S(=O)(=O)N3CCc4ccccc4C3)cc2/C1=C\c1cc2cc(OCCN3CCCC3)ccc2[nH]1. The number of hydrogen-bond donors (Lipinski definition) is 2. The highest BCUT2D eigenvalue weighted by atomic mass is 32.2. The van der Waals surface area contributed by atoms with Gasteiger partial charge in [-0.1, -0.05) is 24.3 Å². The molecule has 0 spiro atoms. The number of nitrogens with zero attached hydrogens (tertiary/aromatic N) is 2. The molecular weight excluding hydrogens is 536 g/mol. The molecule has 1 fully saturated rings. The van der Waals surface area contributed by atoms with Gasteiger partial charge < -0.3 is 15.0 Å². The van der Waals surface area contributed by atoms with Crippen molar-refractivity contribution in [3.8, 4) is 5.75 Å². The van der Waals surface area contributed by atoms with Crippen molar-refractivity contribution in [3.05, 3.63) is 89.1 Å². The number of nitrogens with one attached hydrogen (secondary N) is 2. The summed E-state index contributed by atoms with van der Waals surface area (Å²) in [5.41, 5.74) is 5.52. The number of aromatic nitrogens is 1. The van der Waals surface area contributed by atoms with Crippen LogP contribution in [0, 0.1) is 0 Å². The first-order chi connectivity index (χ1) is 19.9. The lowest BCUT2D eigenvalue weighted by atomic mass is 10.0. The summed E-state index contributed by atoms with van der Waals surface area (Å²) in [6.45, 7) is 4.65. The largest absolute Gasteiger partial charge is 0.492 e. The predicted molar refractivity (Wildman–Crippen MR) is 160 cm³/mol. The Morgan fingerprint density at radius 1 is 0.927 bits per heavy atom. The third kappa shape index (κ3) is 5.05. The average Bonchev–Trinajstić information content (AvgIpc) is 3.72. The van der Waals surface area contributed by atoms with Gasteiger partial charge in [0.25, 0.3) is 5.91 Å². The Balaban J connectivity index is 1.13. The number of benzene rings is 3. The number of amides is 1. The lowest BCUT2D eigenvalue weighted by Gasteiger charge is -2.28. The number of carbonyl (C=O) groups is 1. The Morgan fingerprint density at radius 3 is 2.61 bits per heavy atom. The van der Waals surface area contributed by atoms with Gasteiger partial charge in [0.1, 0.15) is 12.4 Å². The molecule has 3 aromatic carbocycles. The second kappa shape index (κ2) is 10.5. The highest BCUT2D eigenvalue weighted by molar-refractivity contribution is 7.89. The Kier molecular flexibility index (Phi) is 6.65. The number of likely N-dealkylation sites (tertiary alicyclic amines) is 1. The molecule has 0 unspecified atom stereocenters. The molecule has 0 bridgehead atoms. The van der Waals surface area contributed by atoms with Crippen molar-refractivity contribution in [2.24, 2.45) is 0 Å². The molecule has 0 saturated carbocycles. The Morgan fingerprint density at radius 2 is 1.76 bits per heavy atom. The van der Waals surface area contributed by atoms with E-state index in [1.54, 1.807) is 24.3 Å². The molecule has 4 heterocycles. The molecule has 1 amide bonds. The number of fused-ring (bicyclic) bond motifs is 3. The van der Waals surface area contributed by atoms with Crippen molar-refractivity contribution in [3.63, 3.8) is 0 Å². The van der Waals surface area contributed by atoms with E-state index in [2.05, 4.69) is 21.3 Å². The Hall–Kier alpha value is -3.92. The van der Waals surface area contributed by atoms with Crippen LogP contribution >= 0.6 is 0 Å². The fourth-order valence-electron chi connectivity index (χ4n) is 6.05. The maximum absolute atomic E-state index is 13.6. The van der Waals surface area contributed by atoms with Gasteiger partial charge >= 0.3 is 0 Å². The van der Waals surface area contributed by atoms with Gasteiger partial charge in [0, 0.05) is 47.5 Å². The van der Waals surface area contributed by atoms with E-state index in [0.29, 0.717) is 42.9 Å². The van der Waals surface area contributed by atoms with Crippen LogP contribution in [-0.4, -0.2) is 61.3 Å². The highest BCUT2D eigenvalue weighted by Crippen LogP contribution is 2.36. The molecule has 0 radical (unpaired) electrons. The minimum atomic E-state index is -3.74. The number of rotatable bonds is 7. The fourth-order valence-corrected chi connectivity index (χ4v) is 7.50. The van der Waals surface area contributed by atoms with Crippen LogP contribution < -0.4 is 10.1 Å². The lowest BCUT2D eigenvalue weighted by molar-refractivity contribution is -0.110. The summed E-state index contributed by atoms with van der Waals surface area (Å²) in [6.07, 6.45) is 4.99. The maximum Gasteiger partial charge on any atom is 0.256 e. The van der Waals surface area contributed by atoms with E-state index in [-0.39, 0.29) is 10.8 Å². The van der Waals surface area contributed by atoms with E-state index >= 15 is 0 Å². The molecule has 0 aliphatic carbocycles. The van der Waals surface area contributed by atoms with E-state index in [9.17, 15) is 13.2 Å². The zero-order valence-electron chi connectivity index (χ0n) is 22.7. The van der Waals surface area contributed by atoms with Crippen molar-refractivity contribution in [2.75, 3.05) is 38.1 Å². The van der Waals surface area contributed by atoms with E-state index in [1.165, 1.54) is 22.7 Å². The minimum Gasteiger partial charge on any atom is -0.492 e. The normalized spacial score (nSPS) is 18.5. The molecular formula is C32H32N4O4S. The van der Waals surface area contributed by atoms with Crippen LogP contribution in [0.1, 0.15) is 35.2 Å². The van der Waals surface area contributed by atoms with Crippen molar-refractivity contribution >= 4 is 44.2 Å². The molecule has 8 nitrogen and oxygen atoms in total. The van der Waals surface area contributed by atoms with Gasteiger partial charge in [-0.25, -0.2) is 8.42 Å². The van der Waals surface area contributed by atoms with E-state index in [1.807, 2.05) is 42.5 Å². The number of H-pyrrole nitrogens is 1. The molecule has 1 saturated heterocycles. The van der Waals surface area contributed by atoms with Gasteiger partial charge in [-0.3, -0.25) is 9.69 Å². The first-order valence-electron chi connectivity index (χ1n) is 14.2. The van der Waals surface area contributed by atoms with E-state index < -0.39 is 10.0 Å². The van der Waals surface area contributed by atoms with Crippen LogP contribution in [0.25, 0.3) is 22.6 Å². The van der Waals surface area contributed by atoms with Crippen LogP contribution in [0.15, 0.2) is 71.6 Å². The molecule has 3 aliphatic heterocycles. The monoisotopic (exact) mass is 568 g/mol. The second-order valence-corrected chi connectivity index (χ2v) is 12.9. The molecule has 9 heteroatoms. The molecule has 0 atom stereocenters. The summed E-state index contributed by atoms with van der Waals surface area (Å²) in [5.74, 6) is 0.556. The van der Waals surface area contributed by atoms with Crippen LogP contribution in [0.3, 0.4) is 0 Å². The average molecular weight is 569 g/mol. The first-order valence-corrected chi connectivity index (χ1v) is 15.6. The van der Waals surface area contributed by atoms with Crippen LogP contribution in [-0.2, 0) is 27.8 Å². The van der Waals surface area contributed by atoms with E-state index in [0.717, 1.165) is 47.5 Å². The zero-order valence-corrected chi connectivity index (χ0v) is 23.5. The minimum absolute atomic E-state index is 0.186. The predicted octanol–water partition coefficient (Wildman–Crippen LogP) is 4.88. The summed E-state index contributed by atoms with van der Waals surface area (Å²) in [7, 11) is -3.74. The van der Waals surface area contributed by atoms with Gasteiger partial charge in [0.2, 0.25) is 10.0 Å².